The maximum atomic E-state index is 11.0. The van der Waals surface area contributed by atoms with Crippen molar-refractivity contribution in [3.63, 3.8) is 0 Å². The van der Waals surface area contributed by atoms with Gasteiger partial charge in [0.25, 0.3) is 11.8 Å². The Balaban J connectivity index is 2.19. The molecule has 3 rings (SSSR count). The average molecular weight is 265 g/mol. The molecule has 0 fully saturated rings. The van der Waals surface area contributed by atoms with Crippen molar-refractivity contribution in [2.75, 3.05) is 6.61 Å². The number of hydrazone groups is 1. The molecule has 0 aromatic carbocycles. The monoisotopic (exact) mass is 264 g/mol. The van der Waals surface area contributed by atoms with Crippen LogP contribution in [0.25, 0.3) is 5.65 Å². The van der Waals surface area contributed by atoms with Gasteiger partial charge in [0.1, 0.15) is 11.3 Å². The number of carbonyl (C=O) groups is 1. The molecule has 3 heterocycles. The van der Waals surface area contributed by atoms with Gasteiger partial charge in [0.2, 0.25) is 0 Å². The Morgan fingerprint density at radius 1 is 1.50 bits per heavy atom. The van der Waals surface area contributed by atoms with Crippen LogP contribution in [0.3, 0.4) is 0 Å². The van der Waals surface area contributed by atoms with Crippen LogP contribution in [-0.2, 0) is 9.53 Å². The lowest BCUT2D eigenvalue weighted by atomic mass is 10.3. The third kappa shape index (κ3) is 1.70. The van der Waals surface area contributed by atoms with E-state index in [2.05, 4.69) is 15.5 Å². The van der Waals surface area contributed by atoms with Crippen LogP contribution in [0.15, 0.2) is 23.4 Å². The lowest BCUT2D eigenvalue weighted by molar-refractivity contribution is -0.124. The Kier molecular flexibility index (Phi) is 2.45. The first-order valence-electron chi connectivity index (χ1n) is 5.29. The molecule has 6 nitrogen and oxygen atoms in total. The van der Waals surface area contributed by atoms with E-state index in [1.807, 2.05) is 6.92 Å². The standard InChI is InChI=1S/C11H9ClN4O2/c1-6-10(11-15-14-9(17)5-18-11)16-4-7(12)2-3-8(16)13-6/h2-4H,5H2,1H3,(H,14,17). The Morgan fingerprint density at radius 3 is 3.06 bits per heavy atom. The van der Waals surface area contributed by atoms with Crippen LogP contribution in [-0.4, -0.2) is 27.8 Å². The van der Waals surface area contributed by atoms with Crippen molar-refractivity contribution in [3.05, 3.63) is 34.7 Å². The molecule has 2 aromatic rings. The lowest BCUT2D eigenvalue weighted by Crippen LogP contribution is -2.32. The zero-order valence-corrected chi connectivity index (χ0v) is 10.2. The minimum atomic E-state index is -0.275. The number of ether oxygens (including phenoxy) is 1. The first-order chi connectivity index (χ1) is 8.65. The third-order valence-corrected chi connectivity index (χ3v) is 2.81. The number of fused-ring (bicyclic) bond motifs is 1. The number of rotatable bonds is 1. The molecule has 1 amide bonds. The quantitative estimate of drug-likeness (QED) is 0.839. The van der Waals surface area contributed by atoms with Gasteiger partial charge in [-0.15, -0.1) is 5.10 Å². The van der Waals surface area contributed by atoms with Gasteiger partial charge in [-0.1, -0.05) is 11.6 Å². The fraction of sp³-hybridized carbons (Fsp3) is 0.182. The van der Waals surface area contributed by atoms with Crippen LogP contribution in [0.4, 0.5) is 0 Å². The fourth-order valence-corrected chi connectivity index (χ4v) is 1.99. The summed E-state index contributed by atoms with van der Waals surface area (Å²) in [7, 11) is 0. The maximum Gasteiger partial charge on any atom is 0.278 e. The summed E-state index contributed by atoms with van der Waals surface area (Å²) >= 11 is 5.96. The molecule has 0 saturated heterocycles. The predicted molar refractivity (Wildman–Crippen MR) is 65.6 cm³/mol. The Bertz CT molecular complexity index is 677. The number of nitrogens with zero attached hydrogens (tertiary/aromatic N) is 3. The van der Waals surface area contributed by atoms with E-state index < -0.39 is 0 Å². The Hall–Kier alpha value is -2.08. The first kappa shape index (κ1) is 11.0. The second kappa shape index (κ2) is 3.99. The van der Waals surface area contributed by atoms with Gasteiger partial charge in [0.05, 0.1) is 10.7 Å². The number of aromatic nitrogens is 2. The molecule has 7 heteroatoms. The Labute approximate surface area is 107 Å². The van der Waals surface area contributed by atoms with Crippen molar-refractivity contribution in [3.8, 4) is 0 Å². The first-order valence-corrected chi connectivity index (χ1v) is 5.67. The molecule has 0 unspecified atom stereocenters. The minimum Gasteiger partial charge on any atom is -0.465 e. The van der Waals surface area contributed by atoms with Crippen LogP contribution in [0, 0.1) is 6.92 Å². The SMILES string of the molecule is Cc1nc2ccc(Cl)cn2c1C1=NNC(=O)CO1. The number of hydrogen-bond donors (Lipinski definition) is 1. The number of hydrogen-bond acceptors (Lipinski definition) is 4. The summed E-state index contributed by atoms with van der Waals surface area (Å²) < 4.78 is 7.08. The number of pyridine rings is 1. The third-order valence-electron chi connectivity index (χ3n) is 2.58. The molecule has 0 aliphatic carbocycles. The molecule has 0 atom stereocenters. The van der Waals surface area contributed by atoms with E-state index in [4.69, 9.17) is 16.3 Å². The van der Waals surface area contributed by atoms with Crippen LogP contribution >= 0.6 is 11.6 Å². The highest BCUT2D eigenvalue weighted by molar-refractivity contribution is 6.30. The van der Waals surface area contributed by atoms with E-state index in [0.717, 1.165) is 11.3 Å². The fourth-order valence-electron chi connectivity index (χ4n) is 1.83. The second-order valence-corrected chi connectivity index (χ2v) is 4.30. The predicted octanol–water partition coefficient (Wildman–Crippen LogP) is 1.10. The van der Waals surface area contributed by atoms with Crippen LogP contribution in [0.1, 0.15) is 11.4 Å². The molecule has 0 radical (unpaired) electrons. The molecule has 2 aromatic heterocycles. The number of aryl methyl sites for hydroxylation is 1. The largest absolute Gasteiger partial charge is 0.465 e. The number of carbonyl (C=O) groups excluding carboxylic acids is 1. The number of imidazole rings is 1. The summed E-state index contributed by atoms with van der Waals surface area (Å²) in [5.41, 5.74) is 4.57. The normalized spacial score (nSPS) is 15.2. The van der Waals surface area contributed by atoms with Gasteiger partial charge in [-0.05, 0) is 19.1 Å². The van der Waals surface area contributed by atoms with Crippen LogP contribution < -0.4 is 5.43 Å². The summed E-state index contributed by atoms with van der Waals surface area (Å²) in [5, 5.41) is 4.47. The van der Waals surface area contributed by atoms with E-state index >= 15 is 0 Å². The highest BCUT2D eigenvalue weighted by atomic mass is 35.5. The van der Waals surface area contributed by atoms with Gasteiger partial charge < -0.3 is 4.74 Å². The lowest BCUT2D eigenvalue weighted by Gasteiger charge is -2.13. The average Bonchev–Trinajstić information content (AvgIpc) is 2.66. The van der Waals surface area contributed by atoms with E-state index in [-0.39, 0.29) is 12.5 Å². The zero-order chi connectivity index (χ0) is 12.7. The van der Waals surface area contributed by atoms with Gasteiger partial charge in [-0.25, -0.2) is 10.4 Å². The summed E-state index contributed by atoms with van der Waals surface area (Å²) in [4.78, 5) is 15.4. The molecule has 18 heavy (non-hydrogen) atoms. The highest BCUT2D eigenvalue weighted by Gasteiger charge is 2.20. The van der Waals surface area contributed by atoms with Crippen molar-refractivity contribution in [2.45, 2.75) is 6.92 Å². The van der Waals surface area contributed by atoms with Gasteiger partial charge in [0.15, 0.2) is 6.61 Å². The molecular weight excluding hydrogens is 256 g/mol. The van der Waals surface area contributed by atoms with E-state index in [1.165, 1.54) is 0 Å². The van der Waals surface area contributed by atoms with E-state index in [9.17, 15) is 4.79 Å². The number of nitrogens with one attached hydrogen (secondary N) is 1. The van der Waals surface area contributed by atoms with Crippen molar-refractivity contribution in [1.29, 1.82) is 0 Å². The van der Waals surface area contributed by atoms with E-state index in [0.29, 0.717) is 16.6 Å². The van der Waals surface area contributed by atoms with Gasteiger partial charge in [-0.2, -0.15) is 0 Å². The van der Waals surface area contributed by atoms with Crippen molar-refractivity contribution < 1.29 is 9.53 Å². The van der Waals surface area contributed by atoms with Crippen molar-refractivity contribution in [2.24, 2.45) is 5.10 Å². The topological polar surface area (TPSA) is 68.0 Å². The minimum absolute atomic E-state index is 0.0495. The van der Waals surface area contributed by atoms with E-state index in [1.54, 1.807) is 22.7 Å². The second-order valence-electron chi connectivity index (χ2n) is 3.86. The molecule has 1 aliphatic rings. The number of halogens is 1. The van der Waals surface area contributed by atoms with Gasteiger partial charge in [-0.3, -0.25) is 9.20 Å². The van der Waals surface area contributed by atoms with Gasteiger partial charge in [0, 0.05) is 6.20 Å². The smallest absolute Gasteiger partial charge is 0.278 e. The summed E-state index contributed by atoms with van der Waals surface area (Å²) in [6, 6.07) is 3.57. The van der Waals surface area contributed by atoms with Crippen LogP contribution in [0.2, 0.25) is 5.02 Å². The maximum absolute atomic E-state index is 11.0. The molecule has 0 saturated carbocycles. The Morgan fingerprint density at radius 2 is 2.33 bits per heavy atom. The zero-order valence-electron chi connectivity index (χ0n) is 9.48. The molecule has 0 spiro atoms. The number of amides is 1. The van der Waals surface area contributed by atoms with Crippen molar-refractivity contribution >= 4 is 29.1 Å². The highest BCUT2D eigenvalue weighted by Crippen LogP contribution is 2.17. The molecular formula is C11H9ClN4O2. The van der Waals surface area contributed by atoms with Crippen LogP contribution in [0.5, 0.6) is 0 Å². The molecule has 92 valence electrons. The summed E-state index contributed by atoms with van der Waals surface area (Å²) in [6.45, 7) is 1.80. The molecule has 1 N–H and O–H groups in total. The van der Waals surface area contributed by atoms with Crippen molar-refractivity contribution in [1.82, 2.24) is 14.8 Å². The summed E-state index contributed by atoms with van der Waals surface area (Å²) in [6.07, 6.45) is 1.73. The van der Waals surface area contributed by atoms with Gasteiger partial charge >= 0.3 is 0 Å². The summed E-state index contributed by atoms with van der Waals surface area (Å²) in [5.74, 6) is 0.0603. The molecule has 0 bridgehead atoms. The molecule has 1 aliphatic heterocycles.